The van der Waals surface area contributed by atoms with E-state index in [4.69, 9.17) is 11.6 Å². The summed E-state index contributed by atoms with van der Waals surface area (Å²) in [6.45, 7) is 1.42. The number of methoxy groups -OCH3 is 1. The summed E-state index contributed by atoms with van der Waals surface area (Å²) in [5.74, 6) is -0.345. The maximum Gasteiger partial charge on any atom is 0.355 e. The number of hydrogen-bond donors (Lipinski definition) is 0. The Bertz CT molecular complexity index is 649. The Labute approximate surface area is 114 Å². The van der Waals surface area contributed by atoms with E-state index in [1.807, 2.05) is 0 Å². The molecular weight excluding hydrogens is 268 g/mol. The maximum absolute atomic E-state index is 11.7. The Hall–Kier alpha value is -2.14. The van der Waals surface area contributed by atoms with Crippen LogP contribution in [0.4, 0.5) is 0 Å². The van der Waals surface area contributed by atoms with Crippen LogP contribution >= 0.6 is 11.6 Å². The highest BCUT2D eigenvalue weighted by atomic mass is 35.5. The Balaban J connectivity index is 2.65. The molecule has 5 nitrogen and oxygen atoms in total. The predicted molar refractivity (Wildman–Crippen MR) is 69.9 cm³/mol. The summed E-state index contributed by atoms with van der Waals surface area (Å²) in [5.41, 5.74) is 0.593. The molecule has 0 amide bonds. The van der Waals surface area contributed by atoms with Gasteiger partial charge in [0.1, 0.15) is 5.69 Å². The first-order valence-electron chi connectivity index (χ1n) is 5.47. The zero-order valence-corrected chi connectivity index (χ0v) is 11.1. The van der Waals surface area contributed by atoms with E-state index in [0.29, 0.717) is 16.4 Å². The highest BCUT2D eigenvalue weighted by Crippen LogP contribution is 2.22. The number of hydrogen-bond acceptors (Lipinski definition) is 4. The molecule has 2 aromatic heterocycles. The molecule has 98 valence electrons. The Morgan fingerprint density at radius 2 is 2.16 bits per heavy atom. The summed E-state index contributed by atoms with van der Waals surface area (Å²) in [7, 11) is 1.27. The van der Waals surface area contributed by atoms with Crippen molar-refractivity contribution in [2.24, 2.45) is 0 Å². The second-order valence-corrected chi connectivity index (χ2v) is 4.25. The van der Waals surface area contributed by atoms with Gasteiger partial charge in [-0.2, -0.15) is 0 Å². The topological polar surface area (TPSA) is 61.2 Å². The molecular formula is C13H11ClN2O3. The molecule has 0 aliphatic carbocycles. The number of ketones is 1. The number of halogens is 1. The largest absolute Gasteiger partial charge is 0.464 e. The van der Waals surface area contributed by atoms with E-state index in [9.17, 15) is 9.59 Å². The molecule has 6 heteroatoms. The van der Waals surface area contributed by atoms with Crippen LogP contribution in [-0.4, -0.2) is 28.4 Å². The Kier molecular flexibility index (Phi) is 3.66. The van der Waals surface area contributed by atoms with Crippen molar-refractivity contribution in [1.82, 2.24) is 9.55 Å². The minimum atomic E-state index is -0.561. The summed E-state index contributed by atoms with van der Waals surface area (Å²) >= 11 is 6.05. The van der Waals surface area contributed by atoms with Gasteiger partial charge in [-0.1, -0.05) is 11.6 Å². The molecule has 0 aliphatic rings. The minimum Gasteiger partial charge on any atom is -0.464 e. The van der Waals surface area contributed by atoms with Gasteiger partial charge in [0, 0.05) is 18.0 Å². The smallest absolute Gasteiger partial charge is 0.355 e. The molecule has 2 aromatic rings. The highest BCUT2D eigenvalue weighted by molar-refractivity contribution is 6.32. The lowest BCUT2D eigenvalue weighted by Crippen LogP contribution is -2.09. The van der Waals surface area contributed by atoms with Crippen molar-refractivity contribution in [3.8, 4) is 5.82 Å². The number of esters is 1. The second-order valence-electron chi connectivity index (χ2n) is 3.84. The monoisotopic (exact) mass is 278 g/mol. The number of nitrogens with zero attached hydrogens (tertiary/aromatic N) is 2. The van der Waals surface area contributed by atoms with E-state index in [0.717, 1.165) is 0 Å². The minimum absolute atomic E-state index is 0.157. The van der Waals surface area contributed by atoms with E-state index < -0.39 is 5.97 Å². The Morgan fingerprint density at radius 3 is 2.74 bits per heavy atom. The fraction of sp³-hybridized carbons (Fsp3) is 0.154. The van der Waals surface area contributed by atoms with Crippen molar-refractivity contribution in [3.05, 3.63) is 46.9 Å². The van der Waals surface area contributed by atoms with Gasteiger partial charge in [-0.3, -0.25) is 9.36 Å². The van der Waals surface area contributed by atoms with Crippen molar-refractivity contribution >= 4 is 23.4 Å². The molecule has 2 heterocycles. The first-order valence-corrected chi connectivity index (χ1v) is 5.85. The first kappa shape index (κ1) is 13.3. The van der Waals surface area contributed by atoms with Gasteiger partial charge in [0.05, 0.1) is 12.1 Å². The van der Waals surface area contributed by atoms with Gasteiger partial charge in [-0.25, -0.2) is 9.78 Å². The average Bonchev–Trinajstić information content (AvgIpc) is 2.83. The molecule has 0 bridgehead atoms. The third kappa shape index (κ3) is 2.51. The van der Waals surface area contributed by atoms with Crippen molar-refractivity contribution in [3.63, 3.8) is 0 Å². The molecule has 0 radical (unpaired) electrons. The molecule has 0 unspecified atom stereocenters. The van der Waals surface area contributed by atoms with Crippen LogP contribution in [0, 0.1) is 0 Å². The number of aromatic nitrogens is 2. The average molecular weight is 279 g/mol. The molecule has 0 N–H and O–H groups in total. The summed E-state index contributed by atoms with van der Waals surface area (Å²) in [6.07, 6.45) is 3.07. The van der Waals surface area contributed by atoms with Gasteiger partial charge in [-0.15, -0.1) is 0 Å². The molecule has 0 aliphatic heterocycles. The van der Waals surface area contributed by atoms with E-state index in [2.05, 4.69) is 9.72 Å². The lowest BCUT2D eigenvalue weighted by Gasteiger charge is -2.07. The van der Waals surface area contributed by atoms with Crippen LogP contribution in [0.15, 0.2) is 30.6 Å². The molecule has 19 heavy (non-hydrogen) atoms. The number of rotatable bonds is 3. The maximum atomic E-state index is 11.7. The van der Waals surface area contributed by atoms with Gasteiger partial charge in [0.25, 0.3) is 0 Å². The SMILES string of the molecule is COC(=O)c1cc(C(C)=O)cn1-c1ncccc1Cl. The zero-order valence-electron chi connectivity index (χ0n) is 10.4. The van der Waals surface area contributed by atoms with E-state index in [1.54, 1.807) is 18.3 Å². The number of carbonyl (C=O) groups is 2. The zero-order chi connectivity index (χ0) is 14.0. The van der Waals surface area contributed by atoms with Crippen molar-refractivity contribution in [2.75, 3.05) is 7.11 Å². The van der Waals surface area contributed by atoms with Gasteiger partial charge >= 0.3 is 5.97 Å². The van der Waals surface area contributed by atoms with Crippen LogP contribution in [0.2, 0.25) is 5.02 Å². The summed E-state index contributed by atoms with van der Waals surface area (Å²) in [6, 6.07) is 4.79. The molecule has 0 fully saturated rings. The number of ether oxygens (including phenoxy) is 1. The summed E-state index contributed by atoms with van der Waals surface area (Å²) < 4.78 is 6.14. The van der Waals surface area contributed by atoms with E-state index >= 15 is 0 Å². The van der Waals surface area contributed by atoms with Crippen LogP contribution in [0.25, 0.3) is 5.82 Å². The standard InChI is InChI=1S/C13H11ClN2O3/c1-8(17)9-6-11(13(18)19-2)16(7-9)12-10(14)4-3-5-15-12/h3-7H,1-2H3. The fourth-order valence-electron chi connectivity index (χ4n) is 1.65. The second kappa shape index (κ2) is 5.24. The van der Waals surface area contributed by atoms with Crippen molar-refractivity contribution in [1.29, 1.82) is 0 Å². The van der Waals surface area contributed by atoms with Gasteiger partial charge in [0.15, 0.2) is 11.6 Å². The van der Waals surface area contributed by atoms with Gasteiger partial charge < -0.3 is 4.74 Å². The normalized spacial score (nSPS) is 10.3. The molecule has 0 saturated heterocycles. The molecule has 2 rings (SSSR count). The quantitative estimate of drug-likeness (QED) is 0.639. The summed E-state index contributed by atoms with van der Waals surface area (Å²) in [5, 5.41) is 0.373. The van der Waals surface area contributed by atoms with Crippen molar-refractivity contribution < 1.29 is 14.3 Å². The van der Waals surface area contributed by atoms with Crippen LogP contribution in [0.3, 0.4) is 0 Å². The van der Waals surface area contributed by atoms with Crippen LogP contribution in [-0.2, 0) is 4.74 Å². The van der Waals surface area contributed by atoms with Crippen molar-refractivity contribution in [2.45, 2.75) is 6.92 Å². The Morgan fingerprint density at radius 1 is 1.42 bits per heavy atom. The van der Waals surface area contributed by atoms with Gasteiger partial charge in [0.2, 0.25) is 0 Å². The number of pyridine rings is 1. The third-order valence-electron chi connectivity index (χ3n) is 2.59. The number of carbonyl (C=O) groups excluding carboxylic acids is 2. The lowest BCUT2D eigenvalue weighted by molar-refractivity contribution is 0.0591. The predicted octanol–water partition coefficient (Wildman–Crippen LogP) is 2.51. The third-order valence-corrected chi connectivity index (χ3v) is 2.88. The molecule has 0 saturated carbocycles. The number of Topliss-reactive ketones (excluding diaryl/α,β-unsaturated/α-hetero) is 1. The van der Waals surface area contributed by atoms with Crippen LogP contribution in [0.1, 0.15) is 27.8 Å². The van der Waals surface area contributed by atoms with E-state index in [-0.39, 0.29) is 11.5 Å². The van der Waals surface area contributed by atoms with E-state index in [1.165, 1.54) is 30.9 Å². The molecule has 0 atom stereocenters. The fourth-order valence-corrected chi connectivity index (χ4v) is 1.86. The molecule has 0 spiro atoms. The first-order chi connectivity index (χ1) is 9.04. The molecule has 0 aromatic carbocycles. The summed E-state index contributed by atoms with van der Waals surface area (Å²) in [4.78, 5) is 27.3. The van der Waals surface area contributed by atoms with Crippen LogP contribution < -0.4 is 0 Å². The van der Waals surface area contributed by atoms with Gasteiger partial charge in [-0.05, 0) is 25.1 Å². The van der Waals surface area contributed by atoms with Crippen LogP contribution in [0.5, 0.6) is 0 Å². The highest BCUT2D eigenvalue weighted by Gasteiger charge is 2.19. The lowest BCUT2D eigenvalue weighted by atomic mass is 10.2.